The maximum atomic E-state index is 13.4. The molecule has 7 nitrogen and oxygen atoms in total. The Labute approximate surface area is 210 Å². The molecule has 0 aliphatic carbocycles. The second-order valence-corrected chi connectivity index (χ2v) is 11.6. The molecule has 0 aromatic heterocycles. The molecule has 2 aromatic carbocycles. The minimum Gasteiger partial charge on any atom is -0.367 e. The highest BCUT2D eigenvalue weighted by Crippen LogP contribution is 2.32. The lowest BCUT2D eigenvalue weighted by Crippen LogP contribution is -2.46. The van der Waals surface area contributed by atoms with Crippen LogP contribution in [0.2, 0.25) is 0 Å². The third kappa shape index (κ3) is 6.23. The summed E-state index contributed by atoms with van der Waals surface area (Å²) in [5.41, 5.74) is 2.58. The predicted octanol–water partition coefficient (Wildman–Crippen LogP) is 4.14. The molecule has 2 aliphatic heterocycles. The highest BCUT2D eigenvalue weighted by atomic mass is 32.2. The van der Waals surface area contributed by atoms with Gasteiger partial charge < -0.3 is 15.1 Å². The largest absolute Gasteiger partial charge is 0.367 e. The van der Waals surface area contributed by atoms with Crippen LogP contribution in [0.3, 0.4) is 0 Å². The van der Waals surface area contributed by atoms with Gasteiger partial charge in [-0.3, -0.25) is 4.79 Å². The Morgan fingerprint density at radius 3 is 2.29 bits per heavy atom. The Balaban J connectivity index is 1.58. The van der Waals surface area contributed by atoms with E-state index in [-0.39, 0.29) is 16.7 Å². The fourth-order valence-electron chi connectivity index (χ4n) is 4.99. The van der Waals surface area contributed by atoms with Crippen LogP contribution in [0.5, 0.6) is 0 Å². The van der Waals surface area contributed by atoms with Gasteiger partial charge in [0, 0.05) is 45.7 Å². The van der Waals surface area contributed by atoms with Gasteiger partial charge in [0.25, 0.3) is 0 Å². The second kappa shape index (κ2) is 11.5. The molecule has 2 aliphatic rings. The number of amides is 1. The molecule has 4 rings (SSSR count). The third-order valence-corrected chi connectivity index (χ3v) is 9.11. The minimum absolute atomic E-state index is 0.0630. The van der Waals surface area contributed by atoms with Crippen molar-refractivity contribution in [2.24, 2.45) is 0 Å². The smallest absolute Gasteiger partial charge is 0.243 e. The fourth-order valence-corrected chi connectivity index (χ4v) is 6.53. The summed E-state index contributed by atoms with van der Waals surface area (Å²) in [6.45, 7) is 9.91. The van der Waals surface area contributed by atoms with Crippen molar-refractivity contribution in [2.75, 3.05) is 56.0 Å². The van der Waals surface area contributed by atoms with E-state index in [9.17, 15) is 13.2 Å². The van der Waals surface area contributed by atoms with Crippen LogP contribution in [0.25, 0.3) is 0 Å². The molecule has 0 saturated carbocycles. The molecule has 2 fully saturated rings. The first-order valence-corrected chi connectivity index (χ1v) is 14.3. The van der Waals surface area contributed by atoms with Crippen LogP contribution in [-0.2, 0) is 14.8 Å². The SMILES string of the molecule is CCN1CCN(c2ccc(S(=O)(=O)N3CCCCC3)cc2NC(=O)C[C@H](C)c2ccccc2)CC1. The summed E-state index contributed by atoms with van der Waals surface area (Å²) in [4.78, 5) is 18.0. The van der Waals surface area contributed by atoms with Crippen molar-refractivity contribution in [3.05, 3.63) is 54.1 Å². The van der Waals surface area contributed by atoms with Gasteiger partial charge in [-0.1, -0.05) is 50.6 Å². The molecule has 0 bridgehead atoms. The summed E-state index contributed by atoms with van der Waals surface area (Å²) >= 11 is 0. The van der Waals surface area contributed by atoms with Gasteiger partial charge >= 0.3 is 0 Å². The van der Waals surface area contributed by atoms with Crippen molar-refractivity contribution in [1.82, 2.24) is 9.21 Å². The van der Waals surface area contributed by atoms with E-state index < -0.39 is 10.0 Å². The van der Waals surface area contributed by atoms with E-state index >= 15 is 0 Å². The zero-order valence-corrected chi connectivity index (χ0v) is 21.8. The van der Waals surface area contributed by atoms with Gasteiger partial charge in [-0.2, -0.15) is 4.31 Å². The first kappa shape index (κ1) is 25.7. The molecule has 2 aromatic rings. The van der Waals surface area contributed by atoms with E-state index in [1.165, 1.54) is 0 Å². The number of sulfonamides is 1. The predicted molar refractivity (Wildman–Crippen MR) is 141 cm³/mol. The number of benzene rings is 2. The fraction of sp³-hybridized carbons (Fsp3) is 0.519. The Kier molecular flexibility index (Phi) is 8.46. The normalized spacial score (nSPS) is 18.9. The Hall–Kier alpha value is -2.42. The molecule has 8 heteroatoms. The van der Waals surface area contributed by atoms with E-state index in [1.54, 1.807) is 16.4 Å². The monoisotopic (exact) mass is 498 g/mol. The number of anilines is 2. The van der Waals surface area contributed by atoms with Crippen molar-refractivity contribution in [2.45, 2.75) is 50.3 Å². The number of nitrogens with one attached hydrogen (secondary N) is 1. The summed E-state index contributed by atoms with van der Waals surface area (Å²) in [6.07, 6.45) is 3.17. The van der Waals surface area contributed by atoms with E-state index in [0.717, 1.165) is 63.2 Å². The lowest BCUT2D eigenvalue weighted by Gasteiger charge is -2.36. The number of piperazine rings is 1. The van der Waals surface area contributed by atoms with Crippen molar-refractivity contribution in [1.29, 1.82) is 0 Å². The quantitative estimate of drug-likeness (QED) is 0.592. The van der Waals surface area contributed by atoms with Crippen LogP contribution in [0.4, 0.5) is 11.4 Å². The molecule has 0 spiro atoms. The van der Waals surface area contributed by atoms with Gasteiger partial charge in [-0.15, -0.1) is 0 Å². The van der Waals surface area contributed by atoms with Crippen molar-refractivity contribution in [3.8, 4) is 0 Å². The van der Waals surface area contributed by atoms with Crippen LogP contribution < -0.4 is 10.2 Å². The van der Waals surface area contributed by atoms with Gasteiger partial charge in [0.15, 0.2) is 0 Å². The molecule has 1 amide bonds. The average Bonchev–Trinajstić information content (AvgIpc) is 2.89. The minimum atomic E-state index is -3.59. The number of rotatable bonds is 8. The standard InChI is InChI=1S/C27H38N4O3S/c1-3-29-16-18-30(19-17-29)26-13-12-24(35(33,34)31-14-8-5-9-15-31)21-25(26)28-27(32)20-22(2)23-10-6-4-7-11-23/h4,6-7,10-13,21-22H,3,5,8-9,14-20H2,1-2H3,(H,28,32)/t22-/m0/s1. The number of nitrogens with zero attached hydrogens (tertiary/aromatic N) is 3. The van der Waals surface area contributed by atoms with E-state index in [1.807, 2.05) is 43.3 Å². The number of carbonyl (C=O) groups excluding carboxylic acids is 1. The molecule has 2 saturated heterocycles. The number of hydrogen-bond acceptors (Lipinski definition) is 5. The Bertz CT molecular complexity index is 1090. The van der Waals surface area contributed by atoms with E-state index in [2.05, 4.69) is 22.0 Å². The van der Waals surface area contributed by atoms with Gasteiger partial charge in [0.2, 0.25) is 15.9 Å². The summed E-state index contributed by atoms with van der Waals surface area (Å²) in [7, 11) is -3.59. The number of hydrogen-bond donors (Lipinski definition) is 1. The highest BCUT2D eigenvalue weighted by Gasteiger charge is 2.28. The summed E-state index contributed by atoms with van der Waals surface area (Å²) in [6, 6.07) is 15.2. The first-order chi connectivity index (χ1) is 16.9. The van der Waals surface area contributed by atoms with E-state index in [4.69, 9.17) is 0 Å². The Morgan fingerprint density at radius 2 is 1.63 bits per heavy atom. The Morgan fingerprint density at radius 1 is 0.943 bits per heavy atom. The lowest BCUT2D eigenvalue weighted by atomic mass is 9.97. The highest BCUT2D eigenvalue weighted by molar-refractivity contribution is 7.89. The van der Waals surface area contributed by atoms with Crippen molar-refractivity contribution < 1.29 is 13.2 Å². The van der Waals surface area contributed by atoms with E-state index in [0.29, 0.717) is 25.2 Å². The van der Waals surface area contributed by atoms with Crippen LogP contribution in [-0.4, -0.2) is 69.3 Å². The van der Waals surface area contributed by atoms with Gasteiger partial charge in [-0.25, -0.2) is 8.42 Å². The summed E-state index contributed by atoms with van der Waals surface area (Å²) in [5, 5.41) is 3.07. The molecule has 2 heterocycles. The molecular weight excluding hydrogens is 460 g/mol. The molecule has 0 radical (unpaired) electrons. The van der Waals surface area contributed by atoms with Gasteiger partial charge in [0.05, 0.1) is 16.3 Å². The van der Waals surface area contributed by atoms with Gasteiger partial charge in [0.1, 0.15) is 0 Å². The van der Waals surface area contributed by atoms with Gasteiger partial charge in [-0.05, 0) is 49.1 Å². The topological polar surface area (TPSA) is 73.0 Å². The summed E-state index contributed by atoms with van der Waals surface area (Å²) in [5.74, 6) is -0.0460. The van der Waals surface area contributed by atoms with Crippen molar-refractivity contribution in [3.63, 3.8) is 0 Å². The maximum Gasteiger partial charge on any atom is 0.243 e. The third-order valence-electron chi connectivity index (χ3n) is 7.22. The zero-order chi connectivity index (χ0) is 24.8. The molecule has 1 atom stereocenters. The summed E-state index contributed by atoms with van der Waals surface area (Å²) < 4.78 is 28.3. The number of likely N-dealkylation sites (N-methyl/N-ethyl adjacent to an activating group) is 1. The van der Waals surface area contributed by atoms with Crippen molar-refractivity contribution >= 4 is 27.3 Å². The van der Waals surface area contributed by atoms with Crippen LogP contribution in [0.1, 0.15) is 51.0 Å². The molecular formula is C27H38N4O3S. The van der Waals surface area contributed by atoms with Crippen LogP contribution in [0, 0.1) is 0 Å². The number of carbonyl (C=O) groups is 1. The molecule has 1 N–H and O–H groups in total. The molecule has 0 unspecified atom stereocenters. The molecule has 35 heavy (non-hydrogen) atoms. The second-order valence-electron chi connectivity index (χ2n) is 9.63. The number of piperidine rings is 1. The first-order valence-electron chi connectivity index (χ1n) is 12.8. The average molecular weight is 499 g/mol. The zero-order valence-electron chi connectivity index (χ0n) is 20.9. The lowest BCUT2D eigenvalue weighted by molar-refractivity contribution is -0.116. The molecule has 190 valence electrons. The van der Waals surface area contributed by atoms with Crippen LogP contribution >= 0.6 is 0 Å². The maximum absolute atomic E-state index is 13.4. The van der Waals surface area contributed by atoms with Crippen LogP contribution in [0.15, 0.2) is 53.4 Å².